The Morgan fingerprint density at radius 3 is 2.09 bits per heavy atom. The second-order valence-corrected chi connectivity index (χ2v) is 8.91. The summed E-state index contributed by atoms with van der Waals surface area (Å²) in [5.41, 5.74) is 3.92. The maximum absolute atomic E-state index is 11.4. The van der Waals surface area contributed by atoms with Crippen LogP contribution in [0.15, 0.2) is 89.3 Å². The number of benzene rings is 3. The monoisotopic (exact) mass is 482 g/mol. The normalized spacial score (nSPS) is 11.2. The average Bonchev–Trinajstić information content (AvgIpc) is 3.50. The number of thiophene rings is 1. The topological polar surface area (TPSA) is 84.9 Å². The molecule has 3 aromatic heterocycles. The molecule has 0 saturated heterocycles. The average molecular weight is 483 g/mol. The van der Waals surface area contributed by atoms with Crippen LogP contribution in [0.4, 0.5) is 0 Å². The van der Waals surface area contributed by atoms with Gasteiger partial charge in [0.1, 0.15) is 16.3 Å². The molecule has 0 bridgehead atoms. The van der Waals surface area contributed by atoms with E-state index in [1.807, 2.05) is 72.8 Å². The summed E-state index contributed by atoms with van der Waals surface area (Å²) in [7, 11) is 0. The van der Waals surface area contributed by atoms with Crippen molar-refractivity contribution in [1.82, 2.24) is 20.4 Å². The maximum Gasteiger partial charge on any atom is 0.262 e. The molecule has 6 nitrogen and oxygen atoms in total. The van der Waals surface area contributed by atoms with Gasteiger partial charge in [0, 0.05) is 11.1 Å². The van der Waals surface area contributed by atoms with Crippen LogP contribution in [0, 0.1) is 0 Å². The minimum atomic E-state index is 0.0280. The van der Waals surface area contributed by atoms with Crippen molar-refractivity contribution in [2.24, 2.45) is 0 Å². The molecule has 0 spiro atoms. The molecule has 1 N–H and O–H groups in total. The van der Waals surface area contributed by atoms with E-state index in [1.54, 1.807) is 12.1 Å². The summed E-state index contributed by atoms with van der Waals surface area (Å²) in [6.07, 6.45) is 0. The van der Waals surface area contributed by atoms with E-state index >= 15 is 0 Å². The van der Waals surface area contributed by atoms with Gasteiger partial charge < -0.3 is 9.52 Å². The van der Waals surface area contributed by atoms with Gasteiger partial charge in [-0.2, -0.15) is 0 Å². The second-order valence-electron chi connectivity index (χ2n) is 7.51. The Morgan fingerprint density at radius 1 is 0.706 bits per heavy atom. The third-order valence-electron chi connectivity index (χ3n) is 5.43. The van der Waals surface area contributed by atoms with Crippen molar-refractivity contribution in [3.05, 3.63) is 90.0 Å². The van der Waals surface area contributed by atoms with Gasteiger partial charge in [-0.1, -0.05) is 84.4 Å². The van der Waals surface area contributed by atoms with Crippen LogP contribution in [0.1, 0.15) is 0 Å². The molecule has 0 saturated carbocycles. The molecule has 3 heterocycles. The van der Waals surface area contributed by atoms with Crippen LogP contribution in [-0.2, 0) is 0 Å². The van der Waals surface area contributed by atoms with Gasteiger partial charge in [0.2, 0.25) is 5.89 Å². The first-order chi connectivity index (χ1) is 16.7. The van der Waals surface area contributed by atoms with Gasteiger partial charge in [0.15, 0.2) is 4.83 Å². The highest BCUT2D eigenvalue weighted by atomic mass is 35.5. The smallest absolute Gasteiger partial charge is 0.262 e. The van der Waals surface area contributed by atoms with E-state index in [0.717, 1.165) is 16.7 Å². The van der Waals surface area contributed by atoms with E-state index in [2.05, 4.69) is 20.4 Å². The summed E-state index contributed by atoms with van der Waals surface area (Å²) >= 11 is 7.53. The van der Waals surface area contributed by atoms with Crippen LogP contribution in [0.25, 0.3) is 54.8 Å². The molecule has 34 heavy (non-hydrogen) atoms. The van der Waals surface area contributed by atoms with Crippen LogP contribution in [0.2, 0.25) is 5.02 Å². The highest BCUT2D eigenvalue weighted by Crippen LogP contribution is 2.48. The number of nitrogens with zero attached hydrogens (tertiary/aromatic N) is 4. The summed E-state index contributed by atoms with van der Waals surface area (Å²) in [4.78, 5) is 1.00. The standard InChI is InChI=1S/C26H15ClN4O2S/c27-18-14-8-7-13-17(18)24-29-30-25(33-24)23-22(32)20-19(15-9-3-1-4-10-15)21(28-31-26(20)34-23)16-11-5-2-6-12-16/h1-14,32H. The second kappa shape index (κ2) is 8.37. The first-order valence-electron chi connectivity index (χ1n) is 10.4. The highest BCUT2D eigenvalue weighted by molar-refractivity contribution is 7.22. The molecule has 8 heteroatoms. The first kappa shape index (κ1) is 20.5. The maximum atomic E-state index is 11.4. The first-order valence-corrected chi connectivity index (χ1v) is 11.6. The zero-order chi connectivity index (χ0) is 23.1. The zero-order valence-electron chi connectivity index (χ0n) is 17.5. The number of aromatic hydroxyl groups is 1. The Bertz CT molecular complexity index is 1630. The number of fused-ring (bicyclic) bond motifs is 1. The Kier molecular flexibility index (Phi) is 5.05. The molecule has 0 radical (unpaired) electrons. The highest BCUT2D eigenvalue weighted by Gasteiger charge is 2.25. The predicted molar refractivity (Wildman–Crippen MR) is 134 cm³/mol. The number of aromatic nitrogens is 4. The van der Waals surface area contributed by atoms with Crippen molar-refractivity contribution >= 4 is 33.2 Å². The summed E-state index contributed by atoms with van der Waals surface area (Å²) < 4.78 is 5.90. The number of rotatable bonds is 4. The van der Waals surface area contributed by atoms with Gasteiger partial charge in [-0.3, -0.25) is 0 Å². The van der Waals surface area contributed by atoms with Crippen LogP contribution >= 0.6 is 22.9 Å². The molecule has 0 atom stereocenters. The van der Waals surface area contributed by atoms with Crippen molar-refractivity contribution in [2.75, 3.05) is 0 Å². The van der Waals surface area contributed by atoms with Gasteiger partial charge >= 0.3 is 0 Å². The van der Waals surface area contributed by atoms with E-state index in [4.69, 9.17) is 16.0 Å². The van der Waals surface area contributed by atoms with Gasteiger partial charge in [-0.05, 0) is 17.7 Å². The lowest BCUT2D eigenvalue weighted by molar-refractivity contribution is 0.482. The fraction of sp³-hybridized carbons (Fsp3) is 0. The van der Waals surface area contributed by atoms with Crippen molar-refractivity contribution < 1.29 is 9.52 Å². The molecule has 6 aromatic rings. The number of hydrogen-bond donors (Lipinski definition) is 1. The fourth-order valence-corrected chi connectivity index (χ4v) is 5.02. The Labute approximate surface area is 203 Å². The molecule has 6 rings (SSSR count). The van der Waals surface area contributed by atoms with Crippen molar-refractivity contribution in [3.63, 3.8) is 0 Å². The van der Waals surface area contributed by atoms with E-state index < -0.39 is 0 Å². The minimum Gasteiger partial charge on any atom is -0.505 e. The van der Waals surface area contributed by atoms with Crippen LogP contribution in [-0.4, -0.2) is 25.5 Å². The number of halogens is 1. The Balaban J connectivity index is 1.57. The minimum absolute atomic E-state index is 0.0280. The van der Waals surface area contributed by atoms with E-state index in [1.165, 1.54) is 11.3 Å². The van der Waals surface area contributed by atoms with Crippen LogP contribution in [0.3, 0.4) is 0 Å². The third-order valence-corrected chi connectivity index (χ3v) is 6.81. The molecule has 0 aliphatic heterocycles. The summed E-state index contributed by atoms with van der Waals surface area (Å²) in [6.45, 7) is 0. The fourth-order valence-electron chi connectivity index (χ4n) is 3.86. The van der Waals surface area contributed by atoms with Gasteiger partial charge in [-0.25, -0.2) is 0 Å². The molecule has 0 fully saturated rings. The lowest BCUT2D eigenvalue weighted by Crippen LogP contribution is -1.93. The zero-order valence-corrected chi connectivity index (χ0v) is 19.1. The van der Waals surface area contributed by atoms with Gasteiger partial charge in [0.05, 0.1) is 16.0 Å². The van der Waals surface area contributed by atoms with Crippen molar-refractivity contribution in [3.8, 4) is 50.4 Å². The molecule has 0 aliphatic carbocycles. The summed E-state index contributed by atoms with van der Waals surface area (Å²) in [5, 5.41) is 29.7. The quantitative estimate of drug-likeness (QED) is 0.288. The summed E-state index contributed by atoms with van der Waals surface area (Å²) in [6, 6.07) is 26.8. The Hall–Kier alpha value is -4.07. The molecule has 0 amide bonds. The van der Waals surface area contributed by atoms with Gasteiger partial charge in [-0.15, -0.1) is 31.7 Å². The molecular weight excluding hydrogens is 468 g/mol. The van der Waals surface area contributed by atoms with Crippen LogP contribution < -0.4 is 0 Å². The summed E-state index contributed by atoms with van der Waals surface area (Å²) in [5.74, 6) is 0.493. The predicted octanol–water partition coefficient (Wildman–Crippen LogP) is 7.10. The van der Waals surface area contributed by atoms with Crippen molar-refractivity contribution in [2.45, 2.75) is 0 Å². The van der Waals surface area contributed by atoms with E-state index in [9.17, 15) is 5.11 Å². The van der Waals surface area contributed by atoms with Crippen molar-refractivity contribution in [1.29, 1.82) is 0 Å². The Morgan fingerprint density at radius 2 is 1.35 bits per heavy atom. The van der Waals surface area contributed by atoms with Gasteiger partial charge in [0.25, 0.3) is 5.89 Å². The van der Waals surface area contributed by atoms with Crippen LogP contribution in [0.5, 0.6) is 5.75 Å². The number of hydrogen-bond acceptors (Lipinski definition) is 7. The lowest BCUT2D eigenvalue weighted by Gasteiger charge is -2.10. The molecule has 3 aromatic carbocycles. The molecule has 0 unspecified atom stereocenters. The third kappa shape index (κ3) is 3.42. The molecule has 0 aliphatic rings. The SMILES string of the molecule is Oc1c(-c2nnc(-c3ccccc3Cl)o2)sc2nnc(-c3ccccc3)c(-c3ccccc3)c12. The molecular formula is C26H15ClN4O2S. The van der Waals surface area contributed by atoms with E-state index in [0.29, 0.717) is 31.4 Å². The largest absolute Gasteiger partial charge is 0.505 e. The molecule has 164 valence electrons. The lowest BCUT2D eigenvalue weighted by atomic mass is 9.97. The van der Waals surface area contributed by atoms with E-state index in [-0.39, 0.29) is 17.5 Å².